The summed E-state index contributed by atoms with van der Waals surface area (Å²) in [7, 11) is 1.74. The van der Waals surface area contributed by atoms with Gasteiger partial charge >= 0.3 is 0 Å². The third kappa shape index (κ3) is 2.45. The van der Waals surface area contributed by atoms with Crippen LogP contribution in [0, 0.1) is 17.2 Å². The number of nitriles is 1. The van der Waals surface area contributed by atoms with Gasteiger partial charge in [-0.1, -0.05) is 24.6 Å². The standard InChI is InChI=1S/C14H17ClN2O/c1-10-6-7-17(9-13(10)18-2)14-11(8-16)4-3-5-12(14)15/h3-5,10,13H,6-7,9H2,1-2H3. The molecule has 2 rings (SSSR count). The Hall–Kier alpha value is -1.24. The zero-order valence-corrected chi connectivity index (χ0v) is 11.4. The molecule has 2 atom stereocenters. The largest absolute Gasteiger partial charge is 0.379 e. The number of halogens is 1. The molecule has 0 bridgehead atoms. The summed E-state index contributed by atoms with van der Waals surface area (Å²) in [6, 6.07) is 7.66. The van der Waals surface area contributed by atoms with Gasteiger partial charge in [-0.3, -0.25) is 0 Å². The van der Waals surface area contributed by atoms with Crippen molar-refractivity contribution in [2.45, 2.75) is 19.4 Å². The molecule has 2 unspecified atom stereocenters. The van der Waals surface area contributed by atoms with Crippen molar-refractivity contribution in [1.82, 2.24) is 0 Å². The van der Waals surface area contributed by atoms with Crippen molar-refractivity contribution >= 4 is 17.3 Å². The molecule has 0 saturated carbocycles. The molecule has 0 aliphatic carbocycles. The van der Waals surface area contributed by atoms with Crippen molar-refractivity contribution in [1.29, 1.82) is 5.26 Å². The minimum absolute atomic E-state index is 0.196. The van der Waals surface area contributed by atoms with E-state index < -0.39 is 0 Å². The molecule has 1 fully saturated rings. The van der Waals surface area contributed by atoms with Gasteiger partial charge in [0.2, 0.25) is 0 Å². The Morgan fingerprint density at radius 2 is 2.28 bits per heavy atom. The fraction of sp³-hybridized carbons (Fsp3) is 0.500. The summed E-state index contributed by atoms with van der Waals surface area (Å²) in [6.45, 7) is 3.90. The van der Waals surface area contributed by atoms with Crippen molar-refractivity contribution in [2.75, 3.05) is 25.1 Å². The fourth-order valence-electron chi connectivity index (χ4n) is 2.47. The smallest absolute Gasteiger partial charge is 0.101 e. The van der Waals surface area contributed by atoms with Gasteiger partial charge in [0.15, 0.2) is 0 Å². The van der Waals surface area contributed by atoms with Crippen molar-refractivity contribution in [3.63, 3.8) is 0 Å². The topological polar surface area (TPSA) is 36.3 Å². The first-order valence-corrected chi connectivity index (χ1v) is 6.51. The third-order valence-corrected chi connectivity index (χ3v) is 3.92. The van der Waals surface area contributed by atoms with Crippen LogP contribution in [0.1, 0.15) is 18.9 Å². The normalized spacial score (nSPS) is 23.8. The van der Waals surface area contributed by atoms with E-state index in [1.165, 1.54) is 0 Å². The first-order chi connectivity index (χ1) is 8.67. The molecule has 1 aliphatic heterocycles. The highest BCUT2D eigenvalue weighted by Crippen LogP contribution is 2.33. The van der Waals surface area contributed by atoms with Gasteiger partial charge in [-0.15, -0.1) is 0 Å². The molecular weight excluding hydrogens is 248 g/mol. The lowest BCUT2D eigenvalue weighted by molar-refractivity contribution is 0.0498. The predicted molar refractivity (Wildman–Crippen MR) is 73.0 cm³/mol. The highest BCUT2D eigenvalue weighted by atomic mass is 35.5. The molecule has 0 N–H and O–H groups in total. The minimum atomic E-state index is 0.196. The van der Waals surface area contributed by atoms with E-state index in [4.69, 9.17) is 16.3 Å². The van der Waals surface area contributed by atoms with E-state index in [0.29, 0.717) is 16.5 Å². The highest BCUT2D eigenvalue weighted by molar-refractivity contribution is 6.33. The molecular formula is C14H17ClN2O. The Bertz CT molecular complexity index is 469. The van der Waals surface area contributed by atoms with Gasteiger partial charge in [0, 0.05) is 20.2 Å². The number of nitrogens with zero attached hydrogens (tertiary/aromatic N) is 2. The number of rotatable bonds is 2. The molecule has 0 spiro atoms. The maximum atomic E-state index is 9.18. The molecule has 1 aromatic rings. The number of benzene rings is 1. The van der Waals surface area contributed by atoms with Crippen LogP contribution in [0.25, 0.3) is 0 Å². The van der Waals surface area contributed by atoms with Crippen LogP contribution < -0.4 is 4.90 Å². The monoisotopic (exact) mass is 264 g/mol. The van der Waals surface area contributed by atoms with E-state index in [2.05, 4.69) is 17.9 Å². The maximum Gasteiger partial charge on any atom is 0.101 e. The second-order valence-corrected chi connectivity index (χ2v) is 5.14. The first kappa shape index (κ1) is 13.2. The van der Waals surface area contributed by atoms with Gasteiger partial charge in [-0.2, -0.15) is 5.26 Å². The van der Waals surface area contributed by atoms with E-state index in [-0.39, 0.29) is 6.10 Å². The van der Waals surface area contributed by atoms with Crippen molar-refractivity contribution in [3.8, 4) is 6.07 Å². The second-order valence-electron chi connectivity index (χ2n) is 4.73. The molecule has 0 amide bonds. The molecule has 0 aromatic heterocycles. The van der Waals surface area contributed by atoms with Crippen LogP contribution in [0.15, 0.2) is 18.2 Å². The number of para-hydroxylation sites is 1. The van der Waals surface area contributed by atoms with Crippen LogP contribution >= 0.6 is 11.6 Å². The summed E-state index contributed by atoms with van der Waals surface area (Å²) < 4.78 is 5.50. The van der Waals surface area contributed by atoms with Crippen molar-refractivity contribution in [3.05, 3.63) is 28.8 Å². The third-order valence-electron chi connectivity index (χ3n) is 3.62. The molecule has 4 heteroatoms. The first-order valence-electron chi connectivity index (χ1n) is 6.13. The SMILES string of the molecule is COC1CN(c2c(Cl)cccc2C#N)CCC1C. The predicted octanol–water partition coefficient (Wildman–Crippen LogP) is 3.07. The van der Waals surface area contributed by atoms with Gasteiger partial charge in [-0.25, -0.2) is 0 Å². The number of ether oxygens (including phenoxy) is 1. The number of hydrogen-bond donors (Lipinski definition) is 0. The van der Waals surface area contributed by atoms with E-state index >= 15 is 0 Å². The Balaban J connectivity index is 2.30. The van der Waals surface area contributed by atoms with Crippen LogP contribution in [0.4, 0.5) is 5.69 Å². The quantitative estimate of drug-likeness (QED) is 0.824. The molecule has 0 radical (unpaired) electrons. The van der Waals surface area contributed by atoms with E-state index in [1.807, 2.05) is 12.1 Å². The van der Waals surface area contributed by atoms with Crippen LogP contribution in [-0.4, -0.2) is 26.3 Å². The van der Waals surface area contributed by atoms with Crippen LogP contribution in [0.3, 0.4) is 0 Å². The number of hydrogen-bond acceptors (Lipinski definition) is 3. The number of anilines is 1. The summed E-state index contributed by atoms with van der Waals surface area (Å²) in [4.78, 5) is 2.16. The van der Waals surface area contributed by atoms with Gasteiger partial charge < -0.3 is 9.64 Å². The molecule has 3 nitrogen and oxygen atoms in total. The van der Waals surface area contributed by atoms with Crippen LogP contribution in [-0.2, 0) is 4.74 Å². The zero-order valence-electron chi connectivity index (χ0n) is 10.7. The molecule has 96 valence electrons. The summed E-state index contributed by atoms with van der Waals surface area (Å²) in [5.41, 5.74) is 1.47. The van der Waals surface area contributed by atoms with Crippen LogP contribution in [0.2, 0.25) is 5.02 Å². The van der Waals surface area contributed by atoms with Gasteiger partial charge in [0.25, 0.3) is 0 Å². The Labute approximate surface area is 113 Å². The lowest BCUT2D eigenvalue weighted by atomic mass is 9.95. The van der Waals surface area contributed by atoms with Crippen molar-refractivity contribution in [2.24, 2.45) is 5.92 Å². The minimum Gasteiger partial charge on any atom is -0.379 e. The molecule has 1 heterocycles. The molecule has 1 aliphatic rings. The van der Waals surface area contributed by atoms with Gasteiger partial charge in [-0.05, 0) is 24.5 Å². The summed E-state index contributed by atoms with van der Waals surface area (Å²) in [6.07, 6.45) is 1.25. The molecule has 18 heavy (non-hydrogen) atoms. The van der Waals surface area contributed by atoms with E-state index in [0.717, 1.165) is 25.2 Å². The summed E-state index contributed by atoms with van der Waals surface area (Å²) in [5.74, 6) is 0.541. The Kier molecular flexibility index (Phi) is 4.11. The van der Waals surface area contributed by atoms with Gasteiger partial charge in [0.1, 0.15) is 6.07 Å². The summed E-state index contributed by atoms with van der Waals surface area (Å²) >= 11 is 6.24. The van der Waals surface area contributed by atoms with Crippen molar-refractivity contribution < 1.29 is 4.74 Å². The molecule has 1 saturated heterocycles. The second kappa shape index (κ2) is 5.60. The van der Waals surface area contributed by atoms with E-state index in [9.17, 15) is 5.26 Å². The van der Waals surface area contributed by atoms with Gasteiger partial charge in [0.05, 0.1) is 22.4 Å². The zero-order chi connectivity index (χ0) is 13.1. The average Bonchev–Trinajstić information content (AvgIpc) is 2.39. The van der Waals surface area contributed by atoms with Crippen LogP contribution in [0.5, 0.6) is 0 Å². The fourth-order valence-corrected chi connectivity index (χ4v) is 2.76. The summed E-state index contributed by atoms with van der Waals surface area (Å²) in [5, 5.41) is 9.82. The Morgan fingerprint density at radius 3 is 2.94 bits per heavy atom. The Morgan fingerprint density at radius 1 is 1.50 bits per heavy atom. The average molecular weight is 265 g/mol. The lowest BCUT2D eigenvalue weighted by Crippen LogP contribution is -2.44. The lowest BCUT2D eigenvalue weighted by Gasteiger charge is -2.38. The maximum absolute atomic E-state index is 9.18. The molecule has 1 aromatic carbocycles. The number of piperidine rings is 1. The van der Waals surface area contributed by atoms with E-state index in [1.54, 1.807) is 13.2 Å². The highest BCUT2D eigenvalue weighted by Gasteiger charge is 2.28. The number of methoxy groups -OCH3 is 1.